The number of hydrogen-bond donors (Lipinski definition) is 1. The van der Waals surface area contributed by atoms with Gasteiger partial charge in [-0.3, -0.25) is 4.90 Å². The third-order valence-electron chi connectivity index (χ3n) is 3.36. The fourth-order valence-corrected chi connectivity index (χ4v) is 2.69. The average Bonchev–Trinajstić information content (AvgIpc) is 2.37. The van der Waals surface area contributed by atoms with Crippen molar-refractivity contribution in [2.75, 3.05) is 26.7 Å². The van der Waals surface area contributed by atoms with E-state index < -0.39 is 0 Å². The van der Waals surface area contributed by atoms with E-state index in [0.29, 0.717) is 6.54 Å². The lowest BCUT2D eigenvalue weighted by Crippen LogP contribution is -2.54. The fourth-order valence-electron chi connectivity index (χ4n) is 2.69. The molecule has 1 aromatic rings. The molecule has 1 fully saturated rings. The molecule has 2 N–H and O–H groups in total. The minimum absolute atomic E-state index is 0.120. The van der Waals surface area contributed by atoms with Crippen molar-refractivity contribution in [3.8, 4) is 5.75 Å². The van der Waals surface area contributed by atoms with Crippen molar-refractivity contribution in [2.45, 2.75) is 32.1 Å². The molecule has 4 nitrogen and oxygen atoms in total. The van der Waals surface area contributed by atoms with Crippen LogP contribution in [0.15, 0.2) is 24.3 Å². The van der Waals surface area contributed by atoms with Gasteiger partial charge in [0, 0.05) is 26.2 Å². The van der Waals surface area contributed by atoms with Crippen LogP contribution < -0.4 is 10.5 Å². The van der Waals surface area contributed by atoms with Gasteiger partial charge in [0.1, 0.15) is 5.75 Å². The number of morpholine rings is 1. The number of hydrogen-bond acceptors (Lipinski definition) is 4. The van der Waals surface area contributed by atoms with Gasteiger partial charge >= 0.3 is 0 Å². The van der Waals surface area contributed by atoms with Crippen LogP contribution in [-0.2, 0) is 11.3 Å². The van der Waals surface area contributed by atoms with Crippen LogP contribution in [-0.4, -0.2) is 43.3 Å². The Balaban J connectivity index is 2.04. The van der Waals surface area contributed by atoms with E-state index in [1.807, 2.05) is 12.1 Å². The van der Waals surface area contributed by atoms with Gasteiger partial charge in [-0.05, 0) is 31.5 Å². The fraction of sp³-hybridized carbons (Fsp3) is 0.600. The minimum atomic E-state index is -0.138. The van der Waals surface area contributed by atoms with Gasteiger partial charge in [0.2, 0.25) is 0 Å². The van der Waals surface area contributed by atoms with Crippen molar-refractivity contribution >= 4 is 0 Å². The van der Waals surface area contributed by atoms with E-state index in [9.17, 15) is 0 Å². The topological polar surface area (TPSA) is 47.7 Å². The van der Waals surface area contributed by atoms with Crippen LogP contribution >= 0.6 is 0 Å². The van der Waals surface area contributed by atoms with E-state index in [1.54, 1.807) is 7.11 Å². The first kappa shape index (κ1) is 14.3. The summed E-state index contributed by atoms with van der Waals surface area (Å²) < 4.78 is 11.2. The van der Waals surface area contributed by atoms with Gasteiger partial charge in [-0.25, -0.2) is 0 Å². The lowest BCUT2D eigenvalue weighted by molar-refractivity contribution is -0.133. The van der Waals surface area contributed by atoms with Gasteiger partial charge in [0.05, 0.1) is 18.8 Å². The summed E-state index contributed by atoms with van der Waals surface area (Å²) in [6.07, 6.45) is 0.120. The maximum absolute atomic E-state index is 5.94. The van der Waals surface area contributed by atoms with Gasteiger partial charge in [0.25, 0.3) is 0 Å². The Kier molecular flexibility index (Phi) is 4.45. The molecule has 1 saturated heterocycles. The quantitative estimate of drug-likeness (QED) is 0.898. The summed E-state index contributed by atoms with van der Waals surface area (Å²) in [6.45, 7) is 7.51. The third kappa shape index (κ3) is 3.93. The van der Waals surface area contributed by atoms with Crippen molar-refractivity contribution in [3.63, 3.8) is 0 Å². The molecule has 1 unspecified atom stereocenters. The number of benzene rings is 1. The van der Waals surface area contributed by atoms with E-state index in [4.69, 9.17) is 15.2 Å². The summed E-state index contributed by atoms with van der Waals surface area (Å²) in [5.41, 5.74) is 6.87. The first-order valence-corrected chi connectivity index (χ1v) is 6.75. The molecule has 0 aromatic heterocycles. The summed E-state index contributed by atoms with van der Waals surface area (Å²) in [5, 5.41) is 0. The molecule has 1 aromatic carbocycles. The third-order valence-corrected chi connectivity index (χ3v) is 3.36. The zero-order chi connectivity index (χ0) is 13.9. The molecule has 0 aliphatic carbocycles. The Labute approximate surface area is 115 Å². The van der Waals surface area contributed by atoms with Gasteiger partial charge in [-0.15, -0.1) is 0 Å². The Morgan fingerprint density at radius 3 is 2.95 bits per heavy atom. The number of nitrogens with two attached hydrogens (primary N) is 1. The molecule has 4 heteroatoms. The summed E-state index contributed by atoms with van der Waals surface area (Å²) >= 11 is 0. The van der Waals surface area contributed by atoms with Crippen LogP contribution in [0.1, 0.15) is 19.4 Å². The maximum atomic E-state index is 5.94. The van der Waals surface area contributed by atoms with Crippen LogP contribution in [0.5, 0.6) is 5.75 Å². The van der Waals surface area contributed by atoms with Crippen LogP contribution in [0.4, 0.5) is 0 Å². The molecule has 106 valence electrons. The van der Waals surface area contributed by atoms with E-state index in [1.165, 1.54) is 5.56 Å². The van der Waals surface area contributed by atoms with Gasteiger partial charge in [0.15, 0.2) is 0 Å². The van der Waals surface area contributed by atoms with Gasteiger partial charge in [-0.2, -0.15) is 0 Å². The highest BCUT2D eigenvalue weighted by atomic mass is 16.5. The molecule has 0 radical (unpaired) electrons. The lowest BCUT2D eigenvalue weighted by Gasteiger charge is -2.42. The maximum Gasteiger partial charge on any atom is 0.119 e. The molecule has 1 heterocycles. The Hall–Kier alpha value is -1.10. The second kappa shape index (κ2) is 5.90. The molecule has 19 heavy (non-hydrogen) atoms. The van der Waals surface area contributed by atoms with Crippen molar-refractivity contribution in [3.05, 3.63) is 29.8 Å². The Bertz CT molecular complexity index is 420. The van der Waals surface area contributed by atoms with Crippen LogP contribution in [0.3, 0.4) is 0 Å². The monoisotopic (exact) mass is 264 g/mol. The highest BCUT2D eigenvalue weighted by Gasteiger charge is 2.32. The van der Waals surface area contributed by atoms with E-state index in [0.717, 1.165) is 25.4 Å². The summed E-state index contributed by atoms with van der Waals surface area (Å²) in [4.78, 5) is 2.40. The molecule has 0 saturated carbocycles. The predicted octanol–water partition coefficient (Wildman–Crippen LogP) is 1.63. The Morgan fingerprint density at radius 2 is 2.26 bits per heavy atom. The normalized spacial score (nSPS) is 23.3. The molecule has 1 aliphatic heterocycles. The smallest absolute Gasteiger partial charge is 0.119 e. The minimum Gasteiger partial charge on any atom is -0.497 e. The number of nitrogens with zero attached hydrogens (tertiary/aromatic N) is 1. The molecular weight excluding hydrogens is 240 g/mol. The van der Waals surface area contributed by atoms with Crippen molar-refractivity contribution in [1.29, 1.82) is 0 Å². The van der Waals surface area contributed by atoms with Gasteiger partial charge < -0.3 is 15.2 Å². The molecule has 0 bridgehead atoms. The van der Waals surface area contributed by atoms with E-state index in [-0.39, 0.29) is 11.7 Å². The Morgan fingerprint density at radius 1 is 1.47 bits per heavy atom. The number of ether oxygens (including phenoxy) is 2. The lowest BCUT2D eigenvalue weighted by atomic mass is 10.0. The van der Waals surface area contributed by atoms with E-state index in [2.05, 4.69) is 30.9 Å². The van der Waals surface area contributed by atoms with Crippen molar-refractivity contribution < 1.29 is 9.47 Å². The molecule has 0 amide bonds. The van der Waals surface area contributed by atoms with Crippen LogP contribution in [0.2, 0.25) is 0 Å². The average molecular weight is 264 g/mol. The first-order chi connectivity index (χ1) is 9.02. The van der Waals surface area contributed by atoms with Crippen LogP contribution in [0, 0.1) is 0 Å². The number of methoxy groups -OCH3 is 1. The molecular formula is C15H24N2O2. The van der Waals surface area contributed by atoms with Crippen LogP contribution in [0.25, 0.3) is 0 Å². The number of rotatable bonds is 4. The first-order valence-electron chi connectivity index (χ1n) is 6.75. The van der Waals surface area contributed by atoms with Crippen molar-refractivity contribution in [2.24, 2.45) is 5.73 Å². The second-order valence-electron chi connectivity index (χ2n) is 5.76. The van der Waals surface area contributed by atoms with Gasteiger partial charge in [-0.1, -0.05) is 12.1 Å². The standard InChI is InChI=1S/C15H24N2O2/c1-15(2)11-17(10-14(8-16)19-15)9-12-5-4-6-13(7-12)18-3/h4-7,14H,8-11,16H2,1-3H3. The second-order valence-corrected chi connectivity index (χ2v) is 5.76. The molecule has 0 spiro atoms. The SMILES string of the molecule is COc1cccc(CN2CC(CN)OC(C)(C)C2)c1. The zero-order valence-electron chi connectivity index (χ0n) is 12.1. The zero-order valence-corrected chi connectivity index (χ0v) is 12.1. The summed E-state index contributed by atoms with van der Waals surface area (Å²) in [6, 6.07) is 8.21. The van der Waals surface area contributed by atoms with Crippen molar-refractivity contribution in [1.82, 2.24) is 4.90 Å². The largest absolute Gasteiger partial charge is 0.497 e. The highest BCUT2D eigenvalue weighted by Crippen LogP contribution is 2.23. The summed E-state index contributed by atoms with van der Waals surface area (Å²) in [7, 11) is 1.70. The summed E-state index contributed by atoms with van der Waals surface area (Å²) in [5.74, 6) is 0.903. The molecule has 2 rings (SSSR count). The molecule has 1 atom stereocenters. The molecule has 1 aliphatic rings. The highest BCUT2D eigenvalue weighted by molar-refractivity contribution is 5.28. The van der Waals surface area contributed by atoms with E-state index >= 15 is 0 Å². The predicted molar refractivity (Wildman–Crippen MR) is 76.3 cm³/mol.